The summed E-state index contributed by atoms with van der Waals surface area (Å²) in [7, 11) is 1.57. The molecule has 0 radical (unpaired) electrons. The van der Waals surface area contributed by atoms with Crippen molar-refractivity contribution < 1.29 is 22.3 Å². The van der Waals surface area contributed by atoms with Crippen molar-refractivity contribution >= 4 is 23.2 Å². The number of benzene rings is 1. The van der Waals surface area contributed by atoms with Crippen molar-refractivity contribution in [1.82, 2.24) is 19.7 Å². The van der Waals surface area contributed by atoms with Crippen molar-refractivity contribution in [2.24, 2.45) is 0 Å². The van der Waals surface area contributed by atoms with Gasteiger partial charge >= 0.3 is 6.18 Å². The largest absolute Gasteiger partial charge is 0.419 e. The highest BCUT2D eigenvalue weighted by atomic mass is 35.5. The molecule has 0 aliphatic rings. The number of hydrogen-bond donors (Lipinski definition) is 1. The van der Waals surface area contributed by atoms with Crippen LogP contribution in [0.2, 0.25) is 5.02 Å². The van der Waals surface area contributed by atoms with E-state index >= 15 is 0 Å². The average Bonchev–Trinajstić information content (AvgIpc) is 3.05. The van der Waals surface area contributed by atoms with Crippen LogP contribution in [-0.2, 0) is 17.3 Å². The van der Waals surface area contributed by atoms with Crippen LogP contribution in [0, 0.1) is 5.82 Å². The minimum absolute atomic E-state index is 0.000131. The highest BCUT2D eigenvalue weighted by Gasteiger charge is 2.34. The van der Waals surface area contributed by atoms with Crippen molar-refractivity contribution in [3.05, 3.63) is 58.9 Å². The molecule has 0 atom stereocenters. The third kappa shape index (κ3) is 5.01. The number of aromatic nitrogens is 4. The number of anilines is 2. The second-order valence-corrected chi connectivity index (χ2v) is 6.41. The molecule has 11 heteroatoms. The standard InChI is InChI=1S/C18H16ClF4N5O/c1-29-8-2-3-16-26-17(27-28(16)15-6-7-24-10-13(15)19)25-11-4-5-14(20)12(9-11)18(21,22)23/h4-7,9-10H,2-3,8H2,1H3,(H,25,27). The molecule has 0 unspecified atom stereocenters. The fourth-order valence-corrected chi connectivity index (χ4v) is 2.82. The summed E-state index contributed by atoms with van der Waals surface area (Å²) in [5.74, 6) is -0.786. The van der Waals surface area contributed by atoms with Crippen LogP contribution < -0.4 is 5.32 Å². The van der Waals surface area contributed by atoms with Gasteiger partial charge in [-0.25, -0.2) is 9.07 Å². The van der Waals surface area contributed by atoms with E-state index in [1.54, 1.807) is 13.2 Å². The van der Waals surface area contributed by atoms with E-state index in [4.69, 9.17) is 16.3 Å². The van der Waals surface area contributed by atoms with Crippen molar-refractivity contribution in [3.8, 4) is 5.69 Å². The molecule has 3 aromatic rings. The summed E-state index contributed by atoms with van der Waals surface area (Å²) in [6.07, 6.45) is -0.709. The fraction of sp³-hybridized carbons (Fsp3) is 0.278. The van der Waals surface area contributed by atoms with Gasteiger partial charge in [0.05, 0.1) is 16.3 Å². The van der Waals surface area contributed by atoms with E-state index in [9.17, 15) is 17.6 Å². The third-order valence-electron chi connectivity index (χ3n) is 3.93. The first-order chi connectivity index (χ1) is 13.8. The normalized spacial score (nSPS) is 11.7. The number of halogens is 5. The molecule has 3 rings (SSSR count). The van der Waals surface area contributed by atoms with Gasteiger partial charge in [-0.05, 0) is 30.7 Å². The molecule has 2 heterocycles. The number of methoxy groups -OCH3 is 1. The van der Waals surface area contributed by atoms with E-state index in [1.807, 2.05) is 0 Å². The molecule has 0 spiro atoms. The summed E-state index contributed by atoms with van der Waals surface area (Å²) in [5.41, 5.74) is -0.857. The van der Waals surface area contributed by atoms with Crippen LogP contribution in [0.15, 0.2) is 36.7 Å². The molecule has 0 bridgehead atoms. The Morgan fingerprint density at radius 2 is 2.03 bits per heavy atom. The van der Waals surface area contributed by atoms with Gasteiger partial charge in [0.2, 0.25) is 5.95 Å². The van der Waals surface area contributed by atoms with Gasteiger partial charge < -0.3 is 10.1 Å². The Balaban J connectivity index is 1.94. The number of nitrogens with one attached hydrogen (secondary N) is 1. The Kier molecular flexibility index (Phi) is 6.33. The van der Waals surface area contributed by atoms with Gasteiger partial charge in [0.15, 0.2) is 0 Å². The number of nitrogens with zero attached hydrogens (tertiary/aromatic N) is 4. The topological polar surface area (TPSA) is 64.9 Å². The molecular formula is C18H16ClF4N5O. The summed E-state index contributed by atoms with van der Waals surface area (Å²) in [5, 5.41) is 7.31. The smallest absolute Gasteiger partial charge is 0.385 e. The molecule has 0 saturated heterocycles. The lowest BCUT2D eigenvalue weighted by Crippen LogP contribution is -2.08. The van der Waals surface area contributed by atoms with E-state index < -0.39 is 17.6 Å². The maximum absolute atomic E-state index is 13.5. The Morgan fingerprint density at radius 1 is 1.24 bits per heavy atom. The zero-order chi connectivity index (χ0) is 21.0. The third-order valence-corrected chi connectivity index (χ3v) is 4.22. The summed E-state index contributed by atoms with van der Waals surface area (Å²) < 4.78 is 58.8. The Morgan fingerprint density at radius 3 is 2.72 bits per heavy atom. The maximum Gasteiger partial charge on any atom is 0.419 e. The van der Waals surface area contributed by atoms with E-state index in [1.165, 1.54) is 23.1 Å². The van der Waals surface area contributed by atoms with Crippen LogP contribution in [-0.4, -0.2) is 33.5 Å². The van der Waals surface area contributed by atoms with Crippen LogP contribution >= 0.6 is 11.6 Å². The van der Waals surface area contributed by atoms with Crippen molar-refractivity contribution in [1.29, 1.82) is 0 Å². The lowest BCUT2D eigenvalue weighted by atomic mass is 10.2. The molecule has 0 amide bonds. The monoisotopic (exact) mass is 429 g/mol. The Hall–Kier alpha value is -2.72. The number of alkyl halides is 3. The molecule has 0 aliphatic heterocycles. The van der Waals surface area contributed by atoms with Crippen LogP contribution in [0.1, 0.15) is 17.8 Å². The second kappa shape index (κ2) is 8.75. The minimum atomic E-state index is -4.82. The zero-order valence-corrected chi connectivity index (χ0v) is 15.9. The summed E-state index contributed by atoms with van der Waals surface area (Å²) >= 11 is 6.19. The quantitative estimate of drug-likeness (QED) is 0.432. The molecular weight excluding hydrogens is 414 g/mol. The van der Waals surface area contributed by atoms with Gasteiger partial charge in [0.25, 0.3) is 0 Å². The highest BCUT2D eigenvalue weighted by molar-refractivity contribution is 6.32. The molecule has 1 N–H and O–H groups in total. The zero-order valence-electron chi connectivity index (χ0n) is 15.2. The molecule has 6 nitrogen and oxygen atoms in total. The van der Waals surface area contributed by atoms with Crippen LogP contribution in [0.5, 0.6) is 0 Å². The van der Waals surface area contributed by atoms with E-state index in [0.717, 1.165) is 6.07 Å². The van der Waals surface area contributed by atoms with E-state index in [2.05, 4.69) is 20.4 Å². The number of aryl methyl sites for hydroxylation is 1. The first-order valence-electron chi connectivity index (χ1n) is 8.48. The Bertz CT molecular complexity index is 993. The van der Waals surface area contributed by atoms with Gasteiger partial charge in [0.1, 0.15) is 11.6 Å². The first-order valence-corrected chi connectivity index (χ1v) is 8.86. The SMILES string of the molecule is COCCCc1nc(Nc2ccc(F)c(C(F)(F)F)c2)nn1-c1ccncc1Cl. The highest BCUT2D eigenvalue weighted by Crippen LogP contribution is 2.33. The predicted octanol–water partition coefficient (Wildman–Crippen LogP) is 4.80. The lowest BCUT2D eigenvalue weighted by Gasteiger charge is -2.10. The van der Waals surface area contributed by atoms with Crippen LogP contribution in [0.3, 0.4) is 0 Å². The molecule has 2 aromatic heterocycles. The van der Waals surface area contributed by atoms with Crippen molar-refractivity contribution in [2.45, 2.75) is 19.0 Å². The maximum atomic E-state index is 13.5. The second-order valence-electron chi connectivity index (χ2n) is 6.00. The predicted molar refractivity (Wildman–Crippen MR) is 99.0 cm³/mol. The molecule has 0 saturated carbocycles. The summed E-state index contributed by atoms with van der Waals surface area (Å²) in [6.45, 7) is 0.493. The molecule has 0 fully saturated rings. The fourth-order valence-electron chi connectivity index (χ4n) is 2.62. The lowest BCUT2D eigenvalue weighted by molar-refractivity contribution is -0.139. The number of rotatable bonds is 7. The average molecular weight is 430 g/mol. The Labute approximate surface area is 168 Å². The van der Waals surface area contributed by atoms with Gasteiger partial charge in [-0.1, -0.05) is 11.6 Å². The van der Waals surface area contributed by atoms with Gasteiger partial charge in [-0.2, -0.15) is 18.2 Å². The molecule has 154 valence electrons. The van der Waals surface area contributed by atoms with E-state index in [-0.39, 0.29) is 11.6 Å². The van der Waals surface area contributed by atoms with Crippen LogP contribution in [0.25, 0.3) is 5.69 Å². The van der Waals surface area contributed by atoms with Crippen molar-refractivity contribution in [3.63, 3.8) is 0 Å². The molecule has 1 aromatic carbocycles. The number of ether oxygens (including phenoxy) is 1. The van der Waals surface area contributed by atoms with Crippen molar-refractivity contribution in [2.75, 3.05) is 19.0 Å². The first kappa shape index (κ1) is 21.0. The van der Waals surface area contributed by atoms with Gasteiger partial charge in [-0.3, -0.25) is 4.98 Å². The summed E-state index contributed by atoms with van der Waals surface area (Å²) in [4.78, 5) is 8.26. The van der Waals surface area contributed by atoms with Gasteiger partial charge in [-0.15, -0.1) is 5.10 Å². The van der Waals surface area contributed by atoms with Gasteiger partial charge in [0, 0.05) is 38.2 Å². The van der Waals surface area contributed by atoms with E-state index in [0.29, 0.717) is 42.0 Å². The molecule has 29 heavy (non-hydrogen) atoms. The molecule has 0 aliphatic carbocycles. The summed E-state index contributed by atoms with van der Waals surface area (Å²) in [6, 6.07) is 4.22. The van der Waals surface area contributed by atoms with Crippen LogP contribution in [0.4, 0.5) is 29.2 Å². The number of hydrogen-bond acceptors (Lipinski definition) is 5. The number of pyridine rings is 1. The minimum Gasteiger partial charge on any atom is -0.385 e.